The van der Waals surface area contributed by atoms with Crippen LogP contribution >= 0.6 is 0 Å². The van der Waals surface area contributed by atoms with Crippen molar-refractivity contribution in [3.05, 3.63) is 34.8 Å². The number of carbonyl (C=O) groups is 1. The second kappa shape index (κ2) is 6.46. The molecule has 1 aromatic carbocycles. The molecule has 2 bridgehead atoms. The molecule has 3 unspecified atom stereocenters. The highest BCUT2D eigenvalue weighted by Crippen LogP contribution is 2.49. The quantitative estimate of drug-likeness (QED) is 0.887. The van der Waals surface area contributed by atoms with Gasteiger partial charge in [0.2, 0.25) is 5.91 Å². The van der Waals surface area contributed by atoms with Gasteiger partial charge in [-0.3, -0.25) is 9.36 Å². The fourth-order valence-electron chi connectivity index (χ4n) is 4.65. The number of nitrogens with zero attached hydrogens (tertiary/aromatic N) is 1. The highest BCUT2D eigenvalue weighted by atomic mass is 16.4. The van der Waals surface area contributed by atoms with Gasteiger partial charge in [0.1, 0.15) is 0 Å². The summed E-state index contributed by atoms with van der Waals surface area (Å²) in [6.45, 7) is 1.11. The third kappa shape index (κ3) is 2.99. The van der Waals surface area contributed by atoms with Crippen molar-refractivity contribution in [3.63, 3.8) is 0 Å². The Bertz CT molecular complexity index is 791. The Labute approximate surface area is 141 Å². The van der Waals surface area contributed by atoms with Crippen LogP contribution in [0.5, 0.6) is 0 Å². The van der Waals surface area contributed by atoms with E-state index in [4.69, 9.17) is 4.42 Å². The number of para-hydroxylation sites is 2. The van der Waals surface area contributed by atoms with Crippen LogP contribution in [-0.2, 0) is 11.3 Å². The number of aryl methyl sites for hydroxylation is 1. The van der Waals surface area contributed by atoms with E-state index in [-0.39, 0.29) is 5.91 Å². The second-order valence-electron chi connectivity index (χ2n) is 7.31. The van der Waals surface area contributed by atoms with E-state index in [0.29, 0.717) is 18.5 Å². The molecule has 2 fully saturated rings. The summed E-state index contributed by atoms with van der Waals surface area (Å²) in [6, 6.07) is 7.30. The number of carbonyl (C=O) groups excluding carboxylic acids is 1. The average Bonchev–Trinajstić information content (AvgIpc) is 3.26. The van der Waals surface area contributed by atoms with Crippen LogP contribution in [-0.4, -0.2) is 17.0 Å². The minimum atomic E-state index is -0.397. The molecule has 4 rings (SSSR count). The van der Waals surface area contributed by atoms with Crippen LogP contribution in [0.2, 0.25) is 0 Å². The van der Waals surface area contributed by atoms with Crippen LogP contribution in [0.4, 0.5) is 0 Å². The number of fused-ring (bicyclic) bond motifs is 3. The van der Waals surface area contributed by atoms with Gasteiger partial charge >= 0.3 is 5.76 Å². The van der Waals surface area contributed by atoms with E-state index < -0.39 is 5.76 Å². The lowest BCUT2D eigenvalue weighted by molar-refractivity contribution is -0.121. The molecule has 2 aliphatic rings. The second-order valence-corrected chi connectivity index (χ2v) is 7.31. The molecule has 5 heteroatoms. The van der Waals surface area contributed by atoms with E-state index in [2.05, 4.69) is 5.32 Å². The first-order chi connectivity index (χ1) is 11.7. The number of hydrogen-bond donors (Lipinski definition) is 1. The van der Waals surface area contributed by atoms with Crippen molar-refractivity contribution in [1.82, 2.24) is 9.88 Å². The largest absolute Gasteiger partial charge is 0.419 e. The van der Waals surface area contributed by atoms with Gasteiger partial charge in [-0.05, 0) is 55.6 Å². The summed E-state index contributed by atoms with van der Waals surface area (Å²) in [4.78, 5) is 23.9. The highest BCUT2D eigenvalue weighted by Gasteiger charge is 2.38. The number of amides is 1. The van der Waals surface area contributed by atoms with Gasteiger partial charge in [0.05, 0.1) is 5.52 Å². The summed E-state index contributed by atoms with van der Waals surface area (Å²) in [5.74, 6) is 2.28. The predicted octanol–water partition coefficient (Wildman–Crippen LogP) is 2.93. The molecule has 0 aliphatic heterocycles. The molecule has 128 valence electrons. The lowest BCUT2D eigenvalue weighted by Gasteiger charge is -2.21. The Morgan fingerprint density at radius 1 is 1.25 bits per heavy atom. The number of nitrogens with one attached hydrogen (secondary N) is 1. The number of aromatic nitrogens is 1. The maximum Gasteiger partial charge on any atom is 0.419 e. The smallest absolute Gasteiger partial charge is 0.408 e. The molecule has 1 aromatic heterocycles. The van der Waals surface area contributed by atoms with Gasteiger partial charge in [0.25, 0.3) is 0 Å². The van der Waals surface area contributed by atoms with Gasteiger partial charge in [-0.25, -0.2) is 4.79 Å². The summed E-state index contributed by atoms with van der Waals surface area (Å²) < 4.78 is 6.72. The SMILES string of the molecule is O=C(CCn1c(=O)oc2ccccc21)NCCC1CC2CCC1C2. The van der Waals surface area contributed by atoms with Gasteiger partial charge < -0.3 is 9.73 Å². The van der Waals surface area contributed by atoms with Crippen LogP contribution in [0.15, 0.2) is 33.5 Å². The zero-order chi connectivity index (χ0) is 16.5. The summed E-state index contributed by atoms with van der Waals surface area (Å²) >= 11 is 0. The van der Waals surface area contributed by atoms with E-state index in [9.17, 15) is 9.59 Å². The lowest BCUT2D eigenvalue weighted by Crippen LogP contribution is -2.28. The lowest BCUT2D eigenvalue weighted by atomic mass is 9.86. The third-order valence-electron chi connectivity index (χ3n) is 5.86. The summed E-state index contributed by atoms with van der Waals surface area (Å²) in [5.41, 5.74) is 1.32. The van der Waals surface area contributed by atoms with Crippen LogP contribution in [0.1, 0.15) is 38.5 Å². The van der Waals surface area contributed by atoms with Crippen molar-refractivity contribution in [3.8, 4) is 0 Å². The number of hydrogen-bond acceptors (Lipinski definition) is 3. The maximum atomic E-state index is 12.1. The molecule has 24 heavy (non-hydrogen) atoms. The molecule has 0 radical (unpaired) electrons. The fraction of sp³-hybridized carbons (Fsp3) is 0.579. The Hall–Kier alpha value is -2.04. The van der Waals surface area contributed by atoms with Crippen LogP contribution < -0.4 is 11.1 Å². The molecular weight excluding hydrogens is 304 g/mol. The molecule has 3 atom stereocenters. The number of benzene rings is 1. The first kappa shape index (κ1) is 15.5. The van der Waals surface area contributed by atoms with Crippen molar-refractivity contribution in [1.29, 1.82) is 0 Å². The Morgan fingerprint density at radius 2 is 2.12 bits per heavy atom. The van der Waals surface area contributed by atoms with E-state index >= 15 is 0 Å². The van der Waals surface area contributed by atoms with Gasteiger partial charge in [0.15, 0.2) is 5.58 Å². The first-order valence-electron chi connectivity index (χ1n) is 9.06. The molecular formula is C19H24N2O3. The molecule has 1 amide bonds. The summed E-state index contributed by atoms with van der Waals surface area (Å²) in [5, 5.41) is 3.01. The van der Waals surface area contributed by atoms with Crippen molar-refractivity contribution >= 4 is 17.0 Å². The number of rotatable bonds is 6. The van der Waals surface area contributed by atoms with Gasteiger partial charge in [-0.15, -0.1) is 0 Å². The number of oxazole rings is 1. The molecule has 0 saturated heterocycles. The molecule has 2 aromatic rings. The topological polar surface area (TPSA) is 64.2 Å². The average molecular weight is 328 g/mol. The van der Waals surface area contributed by atoms with E-state index in [1.54, 1.807) is 6.07 Å². The van der Waals surface area contributed by atoms with Crippen LogP contribution in [0.3, 0.4) is 0 Å². The molecule has 0 spiro atoms. The zero-order valence-corrected chi connectivity index (χ0v) is 13.9. The molecule has 2 saturated carbocycles. The molecule has 1 N–H and O–H groups in total. The Kier molecular flexibility index (Phi) is 4.17. The Balaban J connectivity index is 1.26. The summed E-state index contributed by atoms with van der Waals surface area (Å²) in [7, 11) is 0. The maximum absolute atomic E-state index is 12.1. The van der Waals surface area contributed by atoms with Crippen molar-refractivity contribution in [2.45, 2.75) is 45.1 Å². The molecule has 1 heterocycles. The highest BCUT2D eigenvalue weighted by molar-refractivity contribution is 5.76. The van der Waals surface area contributed by atoms with Crippen molar-refractivity contribution in [2.75, 3.05) is 6.54 Å². The molecule has 2 aliphatic carbocycles. The molecule has 5 nitrogen and oxygen atoms in total. The van der Waals surface area contributed by atoms with Crippen LogP contribution in [0.25, 0.3) is 11.1 Å². The Morgan fingerprint density at radius 3 is 2.92 bits per heavy atom. The zero-order valence-electron chi connectivity index (χ0n) is 13.9. The first-order valence-corrected chi connectivity index (χ1v) is 9.06. The predicted molar refractivity (Wildman–Crippen MR) is 91.7 cm³/mol. The van der Waals surface area contributed by atoms with Gasteiger partial charge in [-0.1, -0.05) is 18.6 Å². The van der Waals surface area contributed by atoms with Crippen molar-refractivity contribution in [2.24, 2.45) is 17.8 Å². The minimum Gasteiger partial charge on any atom is -0.408 e. The van der Waals surface area contributed by atoms with Gasteiger partial charge in [0, 0.05) is 19.5 Å². The van der Waals surface area contributed by atoms with E-state index in [1.807, 2.05) is 18.2 Å². The van der Waals surface area contributed by atoms with E-state index in [1.165, 1.54) is 30.3 Å². The normalized spacial score (nSPS) is 25.4. The van der Waals surface area contributed by atoms with Crippen LogP contribution in [0, 0.1) is 17.8 Å². The third-order valence-corrected chi connectivity index (χ3v) is 5.86. The van der Waals surface area contributed by atoms with Gasteiger partial charge in [-0.2, -0.15) is 0 Å². The monoisotopic (exact) mass is 328 g/mol. The van der Waals surface area contributed by atoms with E-state index in [0.717, 1.165) is 36.2 Å². The van der Waals surface area contributed by atoms with Crippen molar-refractivity contribution < 1.29 is 9.21 Å². The standard InChI is InChI=1S/C19H24N2O3/c22-18(20-9-7-15-12-13-5-6-14(15)11-13)8-10-21-16-3-1-2-4-17(16)24-19(21)23/h1-4,13-15H,5-12H2,(H,20,22). The minimum absolute atomic E-state index is 0.00957. The summed E-state index contributed by atoms with van der Waals surface area (Å²) in [6.07, 6.45) is 6.98. The fourth-order valence-corrected chi connectivity index (χ4v) is 4.65.